The molecule has 1 aromatic rings. The first-order valence-electron chi connectivity index (χ1n) is 5.23. The van der Waals surface area contributed by atoms with E-state index >= 15 is 0 Å². The number of rotatable bonds is 4. The Labute approximate surface area is 95.0 Å². The molecule has 1 heterocycles. The molecule has 0 atom stereocenters. The summed E-state index contributed by atoms with van der Waals surface area (Å²) >= 11 is 0. The first-order chi connectivity index (χ1) is 7.47. The summed E-state index contributed by atoms with van der Waals surface area (Å²) in [6.45, 7) is 5.81. The van der Waals surface area contributed by atoms with Gasteiger partial charge >= 0.3 is 5.97 Å². The third kappa shape index (κ3) is 2.51. The lowest BCUT2D eigenvalue weighted by Crippen LogP contribution is -2.07. The van der Waals surface area contributed by atoms with Crippen LogP contribution in [0.4, 0.5) is 0 Å². The number of hydrogen-bond acceptors (Lipinski definition) is 3. The number of aromatic amines is 1. The van der Waals surface area contributed by atoms with Gasteiger partial charge in [0.15, 0.2) is 5.78 Å². The zero-order chi connectivity index (χ0) is 12.3. The molecular formula is C12H17NO3. The summed E-state index contributed by atoms with van der Waals surface area (Å²) in [6, 6.07) is 0. The maximum Gasteiger partial charge on any atom is 0.305 e. The van der Waals surface area contributed by atoms with Gasteiger partial charge in [-0.2, -0.15) is 0 Å². The molecule has 0 spiro atoms. The lowest BCUT2D eigenvalue weighted by atomic mass is 10.1. The van der Waals surface area contributed by atoms with Crippen molar-refractivity contribution in [1.82, 2.24) is 4.98 Å². The third-order valence-electron chi connectivity index (χ3n) is 2.88. The normalized spacial score (nSPS) is 10.2. The van der Waals surface area contributed by atoms with Gasteiger partial charge in [0.25, 0.3) is 0 Å². The number of carbonyl (C=O) groups excluding carboxylic acids is 2. The summed E-state index contributed by atoms with van der Waals surface area (Å²) in [5.74, 6) is -0.398. The van der Waals surface area contributed by atoms with Gasteiger partial charge in [-0.25, -0.2) is 0 Å². The molecule has 4 nitrogen and oxygen atoms in total. The fraction of sp³-hybridized carbons (Fsp3) is 0.500. The molecule has 1 aromatic heterocycles. The van der Waals surface area contributed by atoms with E-state index in [2.05, 4.69) is 9.72 Å². The Balaban J connectivity index is 2.74. The predicted molar refractivity (Wildman–Crippen MR) is 60.6 cm³/mol. The number of methoxy groups -OCH3 is 1. The van der Waals surface area contributed by atoms with E-state index in [9.17, 15) is 9.59 Å². The van der Waals surface area contributed by atoms with Crippen LogP contribution in [0.25, 0.3) is 0 Å². The molecule has 88 valence electrons. The summed E-state index contributed by atoms with van der Waals surface area (Å²) in [5.41, 5.74) is 3.67. The van der Waals surface area contributed by atoms with Crippen LogP contribution in [0.2, 0.25) is 0 Å². The van der Waals surface area contributed by atoms with Gasteiger partial charge < -0.3 is 9.72 Å². The van der Waals surface area contributed by atoms with Crippen LogP contribution < -0.4 is 0 Å². The molecule has 16 heavy (non-hydrogen) atoms. The fourth-order valence-corrected chi connectivity index (χ4v) is 1.57. The number of H-pyrrole nitrogens is 1. The number of aromatic nitrogens is 1. The average molecular weight is 223 g/mol. The minimum absolute atomic E-state index is 0.0425. The predicted octanol–water partition coefficient (Wildman–Crippen LogP) is 2.08. The van der Waals surface area contributed by atoms with E-state index in [1.807, 2.05) is 20.8 Å². The van der Waals surface area contributed by atoms with E-state index in [0.29, 0.717) is 5.69 Å². The quantitative estimate of drug-likeness (QED) is 0.628. The summed E-state index contributed by atoms with van der Waals surface area (Å²) < 4.78 is 4.49. The maximum atomic E-state index is 11.8. The van der Waals surface area contributed by atoms with Crippen LogP contribution in [0.15, 0.2) is 0 Å². The molecule has 0 saturated heterocycles. The minimum atomic E-state index is -0.356. The molecule has 4 heteroatoms. The molecule has 0 aliphatic rings. The third-order valence-corrected chi connectivity index (χ3v) is 2.88. The second-order valence-electron chi connectivity index (χ2n) is 3.87. The SMILES string of the molecule is COC(=O)CCC(=O)c1[nH]c(C)c(C)c1C. The van der Waals surface area contributed by atoms with Crippen molar-refractivity contribution in [3.8, 4) is 0 Å². The van der Waals surface area contributed by atoms with Gasteiger partial charge in [0.05, 0.1) is 19.2 Å². The molecule has 0 fully saturated rings. The number of carbonyl (C=O) groups is 2. The second-order valence-corrected chi connectivity index (χ2v) is 3.87. The fourth-order valence-electron chi connectivity index (χ4n) is 1.57. The zero-order valence-electron chi connectivity index (χ0n) is 10.1. The van der Waals surface area contributed by atoms with Crippen molar-refractivity contribution in [3.63, 3.8) is 0 Å². The van der Waals surface area contributed by atoms with Crippen molar-refractivity contribution >= 4 is 11.8 Å². The van der Waals surface area contributed by atoms with Crippen LogP contribution >= 0.6 is 0 Å². The Hall–Kier alpha value is -1.58. The summed E-state index contributed by atoms with van der Waals surface area (Å²) in [5, 5.41) is 0. The Morgan fingerprint density at radius 1 is 1.12 bits per heavy atom. The van der Waals surface area contributed by atoms with Crippen molar-refractivity contribution < 1.29 is 14.3 Å². The standard InChI is InChI=1S/C12H17NO3/c1-7-8(2)12(13-9(7)3)10(14)5-6-11(15)16-4/h13H,5-6H2,1-4H3. The van der Waals surface area contributed by atoms with Crippen LogP contribution in [-0.2, 0) is 9.53 Å². The maximum absolute atomic E-state index is 11.8. The number of aryl methyl sites for hydroxylation is 1. The molecule has 0 aliphatic carbocycles. The van der Waals surface area contributed by atoms with Gasteiger partial charge in [-0.05, 0) is 31.9 Å². The van der Waals surface area contributed by atoms with E-state index in [1.165, 1.54) is 7.11 Å². The van der Waals surface area contributed by atoms with Crippen molar-refractivity contribution in [2.45, 2.75) is 33.6 Å². The highest BCUT2D eigenvalue weighted by Crippen LogP contribution is 2.18. The number of nitrogens with one attached hydrogen (secondary N) is 1. The molecule has 0 radical (unpaired) electrons. The Morgan fingerprint density at radius 2 is 1.75 bits per heavy atom. The number of hydrogen-bond donors (Lipinski definition) is 1. The second kappa shape index (κ2) is 4.96. The van der Waals surface area contributed by atoms with Crippen LogP contribution in [0, 0.1) is 20.8 Å². The summed E-state index contributed by atoms with van der Waals surface area (Å²) in [4.78, 5) is 25.8. The van der Waals surface area contributed by atoms with Gasteiger partial charge in [-0.15, -0.1) is 0 Å². The molecule has 1 N–H and O–H groups in total. The number of esters is 1. The average Bonchev–Trinajstić information content (AvgIpc) is 2.53. The van der Waals surface area contributed by atoms with Gasteiger partial charge in [-0.1, -0.05) is 0 Å². The number of ether oxygens (including phenoxy) is 1. The minimum Gasteiger partial charge on any atom is -0.469 e. The van der Waals surface area contributed by atoms with Gasteiger partial charge in [-0.3, -0.25) is 9.59 Å². The van der Waals surface area contributed by atoms with Crippen LogP contribution in [0.1, 0.15) is 40.2 Å². The van der Waals surface area contributed by atoms with Crippen molar-refractivity contribution in [2.75, 3.05) is 7.11 Å². The van der Waals surface area contributed by atoms with Crippen molar-refractivity contribution in [2.24, 2.45) is 0 Å². The van der Waals surface area contributed by atoms with Gasteiger partial charge in [0.1, 0.15) is 0 Å². The molecule has 0 saturated carbocycles. The molecule has 1 rings (SSSR count). The lowest BCUT2D eigenvalue weighted by molar-refractivity contribution is -0.140. The van der Waals surface area contributed by atoms with Crippen LogP contribution in [-0.4, -0.2) is 23.8 Å². The first-order valence-corrected chi connectivity index (χ1v) is 5.23. The lowest BCUT2D eigenvalue weighted by Gasteiger charge is -2.00. The molecule has 0 unspecified atom stereocenters. The molecule has 0 aromatic carbocycles. The van der Waals surface area contributed by atoms with Crippen LogP contribution in [0.5, 0.6) is 0 Å². The Kier molecular flexibility index (Phi) is 3.88. The Bertz CT molecular complexity index is 418. The van der Waals surface area contributed by atoms with E-state index < -0.39 is 0 Å². The smallest absolute Gasteiger partial charge is 0.305 e. The molecule has 0 aliphatic heterocycles. The highest BCUT2D eigenvalue weighted by atomic mass is 16.5. The summed E-state index contributed by atoms with van der Waals surface area (Å²) in [7, 11) is 1.32. The zero-order valence-corrected chi connectivity index (χ0v) is 10.1. The molecular weight excluding hydrogens is 206 g/mol. The Morgan fingerprint density at radius 3 is 2.19 bits per heavy atom. The highest BCUT2D eigenvalue weighted by molar-refractivity contribution is 5.97. The van der Waals surface area contributed by atoms with Crippen LogP contribution in [0.3, 0.4) is 0 Å². The first kappa shape index (κ1) is 12.5. The monoisotopic (exact) mass is 223 g/mol. The van der Waals surface area contributed by atoms with Gasteiger partial charge in [0.2, 0.25) is 0 Å². The van der Waals surface area contributed by atoms with Crippen molar-refractivity contribution in [3.05, 3.63) is 22.5 Å². The summed E-state index contributed by atoms with van der Waals surface area (Å²) in [6.07, 6.45) is 0.318. The number of ketones is 1. The van der Waals surface area contributed by atoms with E-state index in [1.54, 1.807) is 0 Å². The molecule has 0 amide bonds. The molecule has 0 bridgehead atoms. The van der Waals surface area contributed by atoms with Crippen molar-refractivity contribution in [1.29, 1.82) is 0 Å². The highest BCUT2D eigenvalue weighted by Gasteiger charge is 2.15. The van der Waals surface area contributed by atoms with E-state index in [4.69, 9.17) is 0 Å². The van der Waals surface area contributed by atoms with E-state index in [-0.39, 0.29) is 24.6 Å². The van der Waals surface area contributed by atoms with Gasteiger partial charge in [0, 0.05) is 12.1 Å². The number of Topliss-reactive ketones (excluding diaryl/α,β-unsaturated/α-hetero) is 1. The topological polar surface area (TPSA) is 59.2 Å². The largest absolute Gasteiger partial charge is 0.469 e. The van der Waals surface area contributed by atoms with E-state index in [0.717, 1.165) is 16.8 Å².